The zero-order chi connectivity index (χ0) is 12.1. The molecule has 1 aromatic carbocycles. The van der Waals surface area contributed by atoms with Gasteiger partial charge >= 0.3 is 0 Å². The van der Waals surface area contributed by atoms with Gasteiger partial charge < -0.3 is 10.4 Å². The topological polar surface area (TPSA) is 32.3 Å². The first-order valence-electron chi connectivity index (χ1n) is 5.33. The Bertz CT molecular complexity index is 344. The van der Waals surface area contributed by atoms with Crippen molar-refractivity contribution in [2.75, 3.05) is 7.05 Å². The summed E-state index contributed by atoms with van der Waals surface area (Å²) in [5.74, 6) is -0.217. The molecular weight excluding hydrogens is 225 g/mol. The van der Waals surface area contributed by atoms with Gasteiger partial charge in [-0.05, 0) is 25.6 Å². The minimum Gasteiger partial charge on any atom is -0.392 e. The average Bonchev–Trinajstić information content (AvgIpc) is 2.23. The second-order valence-corrected chi connectivity index (χ2v) is 5.21. The molecule has 0 radical (unpaired) electrons. The number of hydrogen-bond acceptors (Lipinski definition) is 3. The first-order valence-corrected chi connectivity index (χ1v) is 6.21. The number of thioether (sulfide) groups is 1. The minimum absolute atomic E-state index is 0.0208. The fraction of sp³-hybridized carbons (Fsp3) is 0.500. The third-order valence-electron chi connectivity index (χ3n) is 2.40. The lowest BCUT2D eigenvalue weighted by molar-refractivity contribution is 0.196. The number of hydrogen-bond donors (Lipinski definition) is 2. The Labute approximate surface area is 100 Å². The van der Waals surface area contributed by atoms with Crippen molar-refractivity contribution in [3.05, 3.63) is 29.6 Å². The van der Waals surface area contributed by atoms with Gasteiger partial charge in [-0.15, -0.1) is 11.8 Å². The van der Waals surface area contributed by atoms with E-state index in [4.69, 9.17) is 0 Å². The third-order valence-corrected chi connectivity index (χ3v) is 3.86. The summed E-state index contributed by atoms with van der Waals surface area (Å²) in [4.78, 5) is 0.630. The number of nitrogens with one attached hydrogen (secondary N) is 1. The first-order chi connectivity index (χ1) is 7.56. The molecule has 1 rings (SSSR count). The van der Waals surface area contributed by atoms with Gasteiger partial charge in [0.05, 0.1) is 6.10 Å². The van der Waals surface area contributed by atoms with E-state index in [-0.39, 0.29) is 11.1 Å². The highest BCUT2D eigenvalue weighted by Crippen LogP contribution is 2.30. The Balaban J connectivity index is 2.91. The van der Waals surface area contributed by atoms with Crippen molar-refractivity contribution >= 4 is 11.8 Å². The van der Waals surface area contributed by atoms with Crippen LogP contribution in [0.2, 0.25) is 0 Å². The van der Waals surface area contributed by atoms with Crippen LogP contribution in [0.25, 0.3) is 0 Å². The molecule has 0 saturated carbocycles. The molecule has 0 aliphatic carbocycles. The van der Waals surface area contributed by atoms with E-state index in [1.807, 2.05) is 20.0 Å². The molecule has 0 bridgehead atoms. The summed E-state index contributed by atoms with van der Waals surface area (Å²) in [6.07, 6.45) is -0.452. The zero-order valence-corrected chi connectivity index (χ0v) is 10.6. The van der Waals surface area contributed by atoms with E-state index < -0.39 is 6.10 Å². The Kier molecular flexibility index (Phi) is 5.25. The number of aliphatic hydroxyl groups is 1. The van der Waals surface area contributed by atoms with E-state index in [2.05, 4.69) is 5.32 Å². The Hall–Kier alpha value is -0.580. The SMILES string of the molecule is CNCc1cccc(F)c1SC(C)C(C)O. The van der Waals surface area contributed by atoms with Crippen LogP contribution in [0.4, 0.5) is 4.39 Å². The largest absolute Gasteiger partial charge is 0.392 e. The van der Waals surface area contributed by atoms with Gasteiger partial charge in [0.2, 0.25) is 0 Å². The van der Waals surface area contributed by atoms with Crippen LogP contribution in [0.5, 0.6) is 0 Å². The maximum atomic E-state index is 13.7. The van der Waals surface area contributed by atoms with Crippen molar-refractivity contribution in [2.24, 2.45) is 0 Å². The van der Waals surface area contributed by atoms with Crippen molar-refractivity contribution in [3.63, 3.8) is 0 Å². The molecule has 2 nitrogen and oxygen atoms in total. The molecule has 16 heavy (non-hydrogen) atoms. The van der Waals surface area contributed by atoms with Gasteiger partial charge in [0.1, 0.15) is 5.82 Å². The molecule has 0 fully saturated rings. The van der Waals surface area contributed by atoms with Gasteiger partial charge in [0.15, 0.2) is 0 Å². The predicted octanol–water partition coefficient (Wildman–Crippen LogP) is 2.41. The van der Waals surface area contributed by atoms with Crippen LogP contribution in [0.15, 0.2) is 23.1 Å². The molecule has 0 aliphatic heterocycles. The van der Waals surface area contributed by atoms with Crippen LogP contribution in [0, 0.1) is 5.82 Å². The van der Waals surface area contributed by atoms with Gasteiger partial charge in [-0.2, -0.15) is 0 Å². The molecule has 0 amide bonds. The second-order valence-electron chi connectivity index (χ2n) is 3.82. The summed E-state index contributed by atoms with van der Waals surface area (Å²) in [5.41, 5.74) is 0.931. The average molecular weight is 243 g/mol. The van der Waals surface area contributed by atoms with Gasteiger partial charge in [-0.25, -0.2) is 4.39 Å². The minimum atomic E-state index is -0.452. The fourth-order valence-corrected chi connectivity index (χ4v) is 2.34. The third kappa shape index (κ3) is 3.47. The molecule has 0 aromatic heterocycles. The molecular formula is C12H18FNOS. The van der Waals surface area contributed by atoms with Crippen LogP contribution >= 0.6 is 11.8 Å². The molecule has 0 spiro atoms. The molecule has 0 saturated heterocycles. The van der Waals surface area contributed by atoms with Gasteiger partial charge in [0, 0.05) is 16.7 Å². The van der Waals surface area contributed by atoms with Crippen LogP contribution in [-0.4, -0.2) is 23.5 Å². The van der Waals surface area contributed by atoms with E-state index in [1.165, 1.54) is 17.8 Å². The maximum absolute atomic E-state index is 13.7. The lowest BCUT2D eigenvalue weighted by Gasteiger charge is -2.17. The van der Waals surface area contributed by atoms with Crippen LogP contribution < -0.4 is 5.32 Å². The number of halogens is 1. The number of aliphatic hydroxyl groups excluding tert-OH is 1. The molecule has 0 aliphatic rings. The summed E-state index contributed by atoms with van der Waals surface area (Å²) < 4.78 is 13.7. The molecule has 4 heteroatoms. The predicted molar refractivity (Wildman–Crippen MR) is 66.2 cm³/mol. The molecule has 2 N–H and O–H groups in total. The van der Waals surface area contributed by atoms with Crippen LogP contribution in [0.1, 0.15) is 19.4 Å². The Morgan fingerprint density at radius 1 is 1.44 bits per heavy atom. The van der Waals surface area contributed by atoms with Gasteiger partial charge in [-0.3, -0.25) is 0 Å². The highest BCUT2D eigenvalue weighted by molar-refractivity contribution is 8.00. The van der Waals surface area contributed by atoms with Crippen molar-refractivity contribution < 1.29 is 9.50 Å². The van der Waals surface area contributed by atoms with E-state index in [0.717, 1.165) is 5.56 Å². The van der Waals surface area contributed by atoms with Crippen LogP contribution in [0.3, 0.4) is 0 Å². The summed E-state index contributed by atoms with van der Waals surface area (Å²) in [6.45, 7) is 4.24. The number of rotatable bonds is 5. The fourth-order valence-electron chi connectivity index (χ4n) is 1.30. The standard InChI is InChI=1S/C12H18FNOS/c1-8(15)9(2)16-12-10(7-14-3)5-4-6-11(12)13/h4-6,8-9,14-15H,7H2,1-3H3. The summed E-state index contributed by atoms with van der Waals surface area (Å²) in [7, 11) is 1.83. The summed E-state index contributed by atoms with van der Waals surface area (Å²) in [6, 6.07) is 5.06. The molecule has 0 heterocycles. The molecule has 2 atom stereocenters. The van der Waals surface area contributed by atoms with E-state index in [9.17, 15) is 9.50 Å². The van der Waals surface area contributed by atoms with Gasteiger partial charge in [-0.1, -0.05) is 19.1 Å². The van der Waals surface area contributed by atoms with Crippen molar-refractivity contribution in [2.45, 2.75) is 36.6 Å². The zero-order valence-electron chi connectivity index (χ0n) is 9.83. The highest BCUT2D eigenvalue weighted by Gasteiger charge is 2.15. The summed E-state index contributed by atoms with van der Waals surface area (Å²) >= 11 is 1.38. The van der Waals surface area contributed by atoms with Gasteiger partial charge in [0.25, 0.3) is 0 Å². The molecule has 1 aromatic rings. The highest BCUT2D eigenvalue weighted by atomic mass is 32.2. The smallest absolute Gasteiger partial charge is 0.137 e. The molecule has 2 unspecified atom stereocenters. The Morgan fingerprint density at radius 2 is 2.12 bits per heavy atom. The van der Waals surface area contributed by atoms with Crippen molar-refractivity contribution in [3.8, 4) is 0 Å². The summed E-state index contributed by atoms with van der Waals surface area (Å²) in [5, 5.41) is 12.4. The monoisotopic (exact) mass is 243 g/mol. The van der Waals surface area contributed by atoms with Crippen LogP contribution in [-0.2, 0) is 6.54 Å². The second kappa shape index (κ2) is 6.23. The normalized spacial score (nSPS) is 14.8. The first kappa shape index (κ1) is 13.5. The van der Waals surface area contributed by atoms with E-state index in [0.29, 0.717) is 11.4 Å². The van der Waals surface area contributed by atoms with E-state index in [1.54, 1.807) is 13.0 Å². The molecule has 90 valence electrons. The lowest BCUT2D eigenvalue weighted by atomic mass is 10.2. The lowest BCUT2D eigenvalue weighted by Crippen LogP contribution is -2.16. The maximum Gasteiger partial charge on any atom is 0.137 e. The van der Waals surface area contributed by atoms with Crippen molar-refractivity contribution in [1.29, 1.82) is 0 Å². The Morgan fingerprint density at radius 3 is 2.69 bits per heavy atom. The van der Waals surface area contributed by atoms with E-state index >= 15 is 0 Å². The van der Waals surface area contributed by atoms with Crippen molar-refractivity contribution in [1.82, 2.24) is 5.32 Å². The number of benzene rings is 1. The quantitative estimate of drug-likeness (QED) is 0.779.